The van der Waals surface area contributed by atoms with Crippen LogP contribution in [0.15, 0.2) is 36.5 Å². The van der Waals surface area contributed by atoms with Crippen molar-refractivity contribution in [1.29, 1.82) is 0 Å². The largest absolute Gasteiger partial charge is 0.472 e. The van der Waals surface area contributed by atoms with Gasteiger partial charge in [0.2, 0.25) is 0 Å². The Labute approximate surface area is 316 Å². The lowest BCUT2D eigenvalue weighted by molar-refractivity contribution is -0.161. The molecule has 0 aliphatic heterocycles. The number of ether oxygens (including phenoxy) is 2. The number of allylic oxidation sites excluding steroid dienone is 6. The Hall–Kier alpha value is -2.10. The highest BCUT2D eigenvalue weighted by Gasteiger charge is 2.26. The number of phosphoric ester groups is 1. The van der Waals surface area contributed by atoms with Crippen molar-refractivity contribution in [3.63, 3.8) is 0 Å². The van der Waals surface area contributed by atoms with Crippen molar-refractivity contribution in [2.45, 2.75) is 180 Å². The van der Waals surface area contributed by atoms with Crippen molar-refractivity contribution in [3.05, 3.63) is 36.5 Å². The minimum atomic E-state index is -4.40. The number of unbranched alkanes of at least 4 members (excludes halogenated alkanes) is 18. The van der Waals surface area contributed by atoms with Crippen LogP contribution >= 0.6 is 7.82 Å². The van der Waals surface area contributed by atoms with E-state index in [2.05, 4.69) is 32.1 Å². The molecular weight excluding hydrogens is 681 g/mol. The third-order valence-corrected chi connectivity index (χ3v) is 9.46. The predicted octanol–water partition coefficient (Wildman–Crippen LogP) is 10.6. The van der Waals surface area contributed by atoms with Gasteiger partial charge in [0.15, 0.2) is 11.9 Å². The first-order valence-corrected chi connectivity index (χ1v) is 21.9. The van der Waals surface area contributed by atoms with Crippen LogP contribution in [0.4, 0.5) is 0 Å². The lowest BCUT2D eigenvalue weighted by Gasteiger charge is -2.19. The van der Waals surface area contributed by atoms with E-state index in [1.165, 1.54) is 57.8 Å². The summed E-state index contributed by atoms with van der Waals surface area (Å²) >= 11 is 0. The highest BCUT2D eigenvalue weighted by molar-refractivity contribution is 7.47. The molecule has 11 heteroatoms. The predicted molar refractivity (Wildman–Crippen MR) is 211 cm³/mol. The number of carbonyl (C=O) groups is 3. The van der Waals surface area contributed by atoms with Crippen LogP contribution in [0, 0.1) is 0 Å². The number of rotatable bonds is 38. The van der Waals surface area contributed by atoms with E-state index in [0.717, 1.165) is 70.6 Å². The van der Waals surface area contributed by atoms with Crippen LogP contribution in [0.3, 0.4) is 0 Å². The lowest BCUT2D eigenvalue weighted by atomic mass is 10.1. The van der Waals surface area contributed by atoms with E-state index in [0.29, 0.717) is 19.3 Å². The number of hydrogen-bond donors (Lipinski definition) is 2. The Balaban J connectivity index is 4.29. The molecule has 10 nitrogen and oxygen atoms in total. The minimum absolute atomic E-state index is 0.0342. The van der Waals surface area contributed by atoms with Crippen molar-refractivity contribution in [1.82, 2.24) is 0 Å². The second-order valence-corrected chi connectivity index (χ2v) is 15.0. The molecule has 2 atom stereocenters. The molecule has 1 unspecified atom stereocenters. The SMILES string of the molecule is CCCCC/C=C\C=C\C(=O)CCCCCCCC(=O)OC[C@H](COP(=O)(O)OCCN)OC(=O)CCCCCCC/C=C\CCCCCCCC. The van der Waals surface area contributed by atoms with Gasteiger partial charge in [0.05, 0.1) is 13.2 Å². The van der Waals surface area contributed by atoms with Gasteiger partial charge in [-0.05, 0) is 63.9 Å². The first-order valence-electron chi connectivity index (χ1n) is 20.4. The molecule has 0 aliphatic rings. The number of ketones is 1. The molecule has 0 saturated carbocycles. The van der Waals surface area contributed by atoms with Crippen molar-refractivity contribution in [2.75, 3.05) is 26.4 Å². The van der Waals surface area contributed by atoms with E-state index in [4.69, 9.17) is 24.3 Å². The van der Waals surface area contributed by atoms with Gasteiger partial charge in [-0.1, -0.05) is 128 Å². The quantitative estimate of drug-likeness (QED) is 0.0155. The molecule has 3 N–H and O–H groups in total. The molecule has 0 aromatic carbocycles. The van der Waals surface area contributed by atoms with Gasteiger partial charge in [-0.3, -0.25) is 23.4 Å². The molecule has 0 aliphatic carbocycles. The number of phosphoric acid groups is 1. The first-order chi connectivity index (χ1) is 25.2. The summed E-state index contributed by atoms with van der Waals surface area (Å²) < 4.78 is 32.6. The summed E-state index contributed by atoms with van der Waals surface area (Å²) in [6, 6.07) is 0. The summed E-state index contributed by atoms with van der Waals surface area (Å²) in [5.41, 5.74) is 5.33. The van der Waals surface area contributed by atoms with E-state index in [1.807, 2.05) is 12.2 Å². The second-order valence-electron chi connectivity index (χ2n) is 13.5. The topological polar surface area (TPSA) is 151 Å². The van der Waals surface area contributed by atoms with E-state index >= 15 is 0 Å². The van der Waals surface area contributed by atoms with Crippen LogP contribution in [0.5, 0.6) is 0 Å². The maximum absolute atomic E-state index is 12.5. The number of esters is 2. The molecule has 0 heterocycles. The third-order valence-electron chi connectivity index (χ3n) is 8.47. The smallest absolute Gasteiger partial charge is 0.462 e. The van der Waals surface area contributed by atoms with Crippen molar-refractivity contribution in [2.24, 2.45) is 5.73 Å². The van der Waals surface area contributed by atoms with Gasteiger partial charge in [0.1, 0.15) is 6.61 Å². The Kier molecular flexibility index (Phi) is 35.7. The fourth-order valence-corrected chi connectivity index (χ4v) is 6.14. The Morgan fingerprint density at radius 3 is 1.73 bits per heavy atom. The van der Waals surface area contributed by atoms with Crippen LogP contribution in [-0.2, 0) is 37.5 Å². The van der Waals surface area contributed by atoms with Gasteiger partial charge in [-0.25, -0.2) is 4.57 Å². The molecule has 0 spiro atoms. The maximum atomic E-state index is 12.5. The van der Waals surface area contributed by atoms with Crippen molar-refractivity contribution in [3.8, 4) is 0 Å². The lowest BCUT2D eigenvalue weighted by Crippen LogP contribution is -2.29. The number of nitrogens with two attached hydrogens (primary N) is 1. The van der Waals surface area contributed by atoms with Gasteiger partial charge in [-0.15, -0.1) is 0 Å². The fourth-order valence-electron chi connectivity index (χ4n) is 5.37. The van der Waals surface area contributed by atoms with Gasteiger partial charge in [0.25, 0.3) is 0 Å². The van der Waals surface area contributed by atoms with Gasteiger partial charge < -0.3 is 20.1 Å². The van der Waals surface area contributed by atoms with Crippen LogP contribution in [0.25, 0.3) is 0 Å². The normalized spacial score (nSPS) is 13.6. The highest BCUT2D eigenvalue weighted by Crippen LogP contribution is 2.43. The first kappa shape index (κ1) is 49.9. The monoisotopic (exact) mass is 756 g/mol. The molecule has 0 bridgehead atoms. The summed E-state index contributed by atoms with van der Waals surface area (Å²) in [6.45, 7) is 3.52. The standard InChI is InChI=1S/C41H74NO9P/c1-3-5-7-9-11-12-13-14-15-16-17-18-20-24-29-33-41(45)51-39(37-50-52(46,47)49-35-34-42)36-48-40(44)32-28-25-21-23-27-31-38(43)30-26-22-19-10-8-6-4-2/h14-15,19,22,26,30,39H,3-13,16-18,20-21,23-25,27-29,31-37,42H2,1-2H3,(H,46,47)/b15-14-,22-19-,30-26+/t39-/m1/s1. The van der Waals surface area contributed by atoms with Gasteiger partial charge in [0, 0.05) is 25.8 Å². The molecular formula is C41H74NO9P. The van der Waals surface area contributed by atoms with E-state index in [1.54, 1.807) is 6.08 Å². The number of carbonyl (C=O) groups excluding carboxylic acids is 3. The highest BCUT2D eigenvalue weighted by atomic mass is 31.2. The molecule has 0 fully saturated rings. The van der Waals surface area contributed by atoms with E-state index in [9.17, 15) is 23.8 Å². The molecule has 0 rings (SSSR count). The average Bonchev–Trinajstić information content (AvgIpc) is 3.12. The zero-order valence-electron chi connectivity index (χ0n) is 32.8. The van der Waals surface area contributed by atoms with Crippen LogP contribution < -0.4 is 5.73 Å². The molecule has 0 amide bonds. The van der Waals surface area contributed by atoms with Crippen LogP contribution in [0.2, 0.25) is 0 Å². The molecule has 0 aromatic heterocycles. The molecule has 0 saturated heterocycles. The average molecular weight is 756 g/mol. The molecule has 52 heavy (non-hydrogen) atoms. The second kappa shape index (κ2) is 37.2. The minimum Gasteiger partial charge on any atom is -0.462 e. The fraction of sp³-hybridized carbons (Fsp3) is 0.780. The summed E-state index contributed by atoms with van der Waals surface area (Å²) in [7, 11) is -4.40. The zero-order valence-corrected chi connectivity index (χ0v) is 33.7. The van der Waals surface area contributed by atoms with Crippen molar-refractivity contribution >= 4 is 25.5 Å². The molecule has 0 aromatic rings. The van der Waals surface area contributed by atoms with Crippen LogP contribution in [-0.4, -0.2) is 55.1 Å². The van der Waals surface area contributed by atoms with E-state index in [-0.39, 0.29) is 38.4 Å². The summed E-state index contributed by atoms with van der Waals surface area (Å²) in [5, 5.41) is 0. The zero-order chi connectivity index (χ0) is 38.4. The third kappa shape index (κ3) is 36.3. The van der Waals surface area contributed by atoms with Crippen LogP contribution in [0.1, 0.15) is 174 Å². The Bertz CT molecular complexity index is 1010. The maximum Gasteiger partial charge on any atom is 0.472 e. The number of hydrogen-bond acceptors (Lipinski definition) is 9. The summed E-state index contributed by atoms with van der Waals surface area (Å²) in [4.78, 5) is 46.8. The summed E-state index contributed by atoms with van der Waals surface area (Å²) in [6.07, 6.45) is 35.6. The van der Waals surface area contributed by atoms with Gasteiger partial charge in [-0.2, -0.15) is 0 Å². The Morgan fingerprint density at radius 1 is 0.615 bits per heavy atom. The molecule has 302 valence electrons. The van der Waals surface area contributed by atoms with Crippen molar-refractivity contribution < 1.29 is 42.4 Å². The summed E-state index contributed by atoms with van der Waals surface area (Å²) in [5.74, 6) is -0.809. The van der Waals surface area contributed by atoms with E-state index < -0.39 is 32.5 Å². The molecule has 0 radical (unpaired) electrons. The Morgan fingerprint density at radius 2 is 1.12 bits per heavy atom. The van der Waals surface area contributed by atoms with Gasteiger partial charge >= 0.3 is 19.8 Å².